The highest BCUT2D eigenvalue weighted by molar-refractivity contribution is 6.79. The van der Waals surface area contributed by atoms with Gasteiger partial charge in [-0.15, -0.1) is 0 Å². The molecule has 0 rings (SSSR count). The molecule has 1 unspecified atom stereocenters. The van der Waals surface area contributed by atoms with Crippen LogP contribution >= 0.6 is 0 Å². The van der Waals surface area contributed by atoms with Gasteiger partial charge in [-0.05, 0) is 72.7 Å². The molecule has 0 amide bonds. The molecule has 1 atom stereocenters. The molecule has 0 aromatic rings. The van der Waals surface area contributed by atoms with Crippen LogP contribution in [0.5, 0.6) is 0 Å². The van der Waals surface area contributed by atoms with Crippen molar-refractivity contribution in [2.75, 3.05) is 19.8 Å². The van der Waals surface area contributed by atoms with Crippen LogP contribution in [0.1, 0.15) is 110 Å². The van der Waals surface area contributed by atoms with Crippen molar-refractivity contribution in [1.29, 1.82) is 0 Å². The first kappa shape index (κ1) is 39.5. The molecule has 10 heteroatoms. The average Bonchev–Trinajstić information content (AvgIpc) is 2.81. The number of carbonyl (C=O) groups is 2. The van der Waals surface area contributed by atoms with Gasteiger partial charge in [0, 0.05) is 13.2 Å². The van der Waals surface area contributed by atoms with E-state index in [2.05, 4.69) is 94.9 Å². The van der Waals surface area contributed by atoms with Crippen LogP contribution in [0.15, 0.2) is 0 Å². The van der Waals surface area contributed by atoms with Crippen LogP contribution in [0.3, 0.4) is 0 Å². The molecule has 0 aromatic heterocycles. The van der Waals surface area contributed by atoms with Gasteiger partial charge in [0.05, 0.1) is 6.42 Å². The Morgan fingerprint density at radius 1 is 0.650 bits per heavy atom. The Bertz CT molecular complexity index is 708. The third-order valence-corrected chi connectivity index (χ3v) is 23.8. The maximum Gasteiger partial charge on any atom is 0.334 e. The number of carbonyl (C=O) groups excluding carboxylic acids is 2. The van der Waals surface area contributed by atoms with Crippen molar-refractivity contribution in [3.05, 3.63) is 0 Å². The fraction of sp³-hybridized carbons (Fsp3) is 0.933. The van der Waals surface area contributed by atoms with Gasteiger partial charge < -0.3 is 23.0 Å². The summed E-state index contributed by atoms with van der Waals surface area (Å²) in [6.45, 7) is 33.8. The highest BCUT2D eigenvalue weighted by Gasteiger charge is 2.50. The molecule has 0 bridgehead atoms. The first-order valence-corrected chi connectivity index (χ1v) is 22.6. The van der Waals surface area contributed by atoms with Crippen molar-refractivity contribution >= 4 is 37.1 Å². The predicted molar refractivity (Wildman–Crippen MR) is 175 cm³/mol. The van der Waals surface area contributed by atoms with E-state index < -0.39 is 31.2 Å². The summed E-state index contributed by atoms with van der Waals surface area (Å²) in [5.74, 6) is -0.619. The molecule has 1 N–H and O–H groups in total. The Balaban J connectivity index is 6.05. The van der Waals surface area contributed by atoms with Crippen molar-refractivity contribution in [3.63, 3.8) is 0 Å². The summed E-state index contributed by atoms with van der Waals surface area (Å²) < 4.78 is 24.9. The summed E-state index contributed by atoms with van der Waals surface area (Å²) in [7, 11) is -7.16. The molecule has 0 fully saturated rings. The van der Waals surface area contributed by atoms with Gasteiger partial charge in [0.1, 0.15) is 6.04 Å². The van der Waals surface area contributed by atoms with Gasteiger partial charge in [-0.1, -0.05) is 83.1 Å². The summed E-state index contributed by atoms with van der Waals surface area (Å²) in [5, 5.41) is 3.39. The van der Waals surface area contributed by atoms with Crippen molar-refractivity contribution in [1.82, 2.24) is 5.32 Å². The quantitative estimate of drug-likeness (QED) is 0.108. The van der Waals surface area contributed by atoms with E-state index in [9.17, 15) is 9.59 Å². The molecular formula is C30H65NO6Si3. The van der Waals surface area contributed by atoms with Crippen LogP contribution < -0.4 is 5.32 Å². The summed E-state index contributed by atoms with van der Waals surface area (Å²) in [5.41, 5.74) is 1.61. The van der Waals surface area contributed by atoms with E-state index >= 15 is 0 Å². The smallest absolute Gasteiger partial charge is 0.334 e. The van der Waals surface area contributed by atoms with E-state index in [0.717, 1.165) is 12.5 Å². The monoisotopic (exact) mass is 619 g/mol. The zero-order valence-electron chi connectivity index (χ0n) is 28.7. The van der Waals surface area contributed by atoms with Gasteiger partial charge in [-0.3, -0.25) is 9.59 Å². The highest BCUT2D eigenvalue weighted by Crippen LogP contribution is 2.44. The summed E-state index contributed by atoms with van der Waals surface area (Å²) in [6.07, 6.45) is 0.759. The lowest BCUT2D eigenvalue weighted by atomic mass is 10.2. The first-order valence-electron chi connectivity index (χ1n) is 15.8. The van der Waals surface area contributed by atoms with E-state index in [-0.39, 0.29) is 51.6 Å². The topological polar surface area (TPSA) is 83.1 Å². The molecule has 7 nitrogen and oxygen atoms in total. The SMILES string of the molecule is CCO[Si](C)(CCCNC(CC(=O)O[Si](C(C)C)(C(C)C)C(C)C)C(=O)O[Si](C(C)C)(C(C)C)C(C)C)OCC. The van der Waals surface area contributed by atoms with Crippen LogP contribution in [0, 0.1) is 0 Å². The molecule has 0 aliphatic heterocycles. The van der Waals surface area contributed by atoms with E-state index in [4.69, 9.17) is 17.7 Å². The number of rotatable bonds is 20. The molecule has 0 heterocycles. The second kappa shape index (κ2) is 17.6. The standard InChI is InChI=1S/C30H65NO6Si3/c1-16-34-38(15,35-17-2)20-18-19-31-28(30(33)37-40(25(9)10,26(11)12)27(13)14)21-29(32)36-39(22(3)4,23(5)6)24(7)8/h22-28,31H,16-21H2,1-15H3. The molecule has 0 aliphatic carbocycles. The fourth-order valence-corrected chi connectivity index (χ4v) is 19.9. The van der Waals surface area contributed by atoms with Crippen molar-refractivity contribution in [2.24, 2.45) is 0 Å². The average molecular weight is 620 g/mol. The summed E-state index contributed by atoms with van der Waals surface area (Å²) in [4.78, 5) is 27.4. The lowest BCUT2D eigenvalue weighted by Gasteiger charge is -2.42. The zero-order valence-corrected chi connectivity index (χ0v) is 31.7. The van der Waals surface area contributed by atoms with E-state index in [0.29, 0.717) is 19.8 Å². The second-order valence-corrected chi connectivity index (χ2v) is 27.4. The fourth-order valence-electron chi connectivity index (χ4n) is 7.08. The third-order valence-electron chi connectivity index (χ3n) is 8.74. The van der Waals surface area contributed by atoms with Crippen LogP contribution in [0.2, 0.25) is 45.8 Å². The molecular weight excluding hydrogens is 555 g/mol. The van der Waals surface area contributed by atoms with Crippen LogP contribution in [0.25, 0.3) is 0 Å². The largest absolute Gasteiger partial charge is 0.518 e. The van der Waals surface area contributed by atoms with Crippen molar-refractivity contribution in [2.45, 2.75) is 162 Å². The van der Waals surface area contributed by atoms with E-state index in [1.54, 1.807) is 0 Å². The summed E-state index contributed by atoms with van der Waals surface area (Å²) >= 11 is 0. The minimum atomic E-state index is -2.47. The Hall–Kier alpha value is -0.529. The lowest BCUT2D eigenvalue weighted by molar-refractivity contribution is -0.144. The molecule has 0 saturated heterocycles. The minimum absolute atomic E-state index is 0.0237. The van der Waals surface area contributed by atoms with Crippen molar-refractivity contribution < 1.29 is 27.3 Å². The van der Waals surface area contributed by atoms with E-state index in [1.807, 2.05) is 13.8 Å². The third kappa shape index (κ3) is 10.3. The Kier molecular flexibility index (Phi) is 17.3. The van der Waals surface area contributed by atoms with E-state index in [1.165, 1.54) is 0 Å². The number of hydrogen-bond donors (Lipinski definition) is 1. The molecule has 238 valence electrons. The maximum absolute atomic E-state index is 13.9. The van der Waals surface area contributed by atoms with Gasteiger partial charge in [-0.25, -0.2) is 0 Å². The minimum Gasteiger partial charge on any atom is -0.518 e. The van der Waals surface area contributed by atoms with Gasteiger partial charge >= 0.3 is 14.5 Å². The summed E-state index contributed by atoms with van der Waals surface area (Å²) in [6, 6.07) is 0.0570. The highest BCUT2D eigenvalue weighted by atomic mass is 28.4. The number of hydrogen-bond acceptors (Lipinski definition) is 7. The molecule has 0 aromatic carbocycles. The van der Waals surface area contributed by atoms with Gasteiger partial charge in [0.25, 0.3) is 22.6 Å². The van der Waals surface area contributed by atoms with Gasteiger partial charge in [-0.2, -0.15) is 0 Å². The van der Waals surface area contributed by atoms with Gasteiger partial charge in [0.15, 0.2) is 0 Å². The maximum atomic E-state index is 13.9. The molecule has 0 radical (unpaired) electrons. The van der Waals surface area contributed by atoms with Crippen LogP contribution in [0.4, 0.5) is 0 Å². The zero-order chi connectivity index (χ0) is 31.5. The lowest BCUT2D eigenvalue weighted by Crippen LogP contribution is -2.54. The normalized spacial score (nSPS) is 14.2. The Morgan fingerprint density at radius 2 is 1.02 bits per heavy atom. The number of nitrogens with one attached hydrogen (secondary N) is 1. The molecule has 40 heavy (non-hydrogen) atoms. The van der Waals surface area contributed by atoms with Crippen LogP contribution in [-0.2, 0) is 27.3 Å². The van der Waals surface area contributed by atoms with Crippen molar-refractivity contribution in [3.8, 4) is 0 Å². The molecule has 0 spiro atoms. The predicted octanol–water partition coefficient (Wildman–Crippen LogP) is 8.31. The Morgan fingerprint density at radius 3 is 1.38 bits per heavy atom. The Labute approximate surface area is 250 Å². The van der Waals surface area contributed by atoms with Crippen LogP contribution in [-0.4, -0.2) is 62.9 Å². The van der Waals surface area contributed by atoms with Gasteiger partial charge in [0.2, 0.25) is 0 Å². The second-order valence-electron chi connectivity index (χ2n) is 13.3. The first-order chi connectivity index (χ1) is 18.4. The molecule has 0 saturated carbocycles. The molecule has 0 aliphatic rings.